The highest BCUT2D eigenvalue weighted by atomic mass is 16.3. The molecule has 0 fully saturated rings. The smallest absolute Gasteiger partial charge is 0.136 e. The van der Waals surface area contributed by atoms with Crippen LogP contribution in [0, 0.1) is 0 Å². The molecule has 0 spiro atoms. The van der Waals surface area contributed by atoms with E-state index in [0.717, 1.165) is 21.9 Å². The quantitative estimate of drug-likeness (QED) is 0.191. The number of rotatable bonds is 4. The highest BCUT2D eigenvalue weighted by molar-refractivity contribution is 6.25. The Morgan fingerprint density at radius 2 is 0.800 bits per heavy atom. The fraction of sp³-hybridized carbons (Fsp3) is 0. The molecule has 1 aromatic heterocycles. The standard InChI is InChI=1S/C44H28O/c1-3-13-29(14-4-1)31-17-11-18-33(27-31)42-34-19-7-9-21-36(34)43(37-22-10-8-20-35(37)42)38-23-12-24-41-44(38)39-28-32(25-26-40(39)45-41)30-15-5-2-6-16-30/h1-28H. The van der Waals surface area contributed by atoms with E-state index in [1.54, 1.807) is 0 Å². The second-order valence-electron chi connectivity index (χ2n) is 11.6. The summed E-state index contributed by atoms with van der Waals surface area (Å²) in [6.45, 7) is 0. The molecule has 0 amide bonds. The van der Waals surface area contributed by atoms with Gasteiger partial charge in [-0.3, -0.25) is 0 Å². The van der Waals surface area contributed by atoms with Crippen LogP contribution in [0.1, 0.15) is 0 Å². The minimum atomic E-state index is 0.903. The molecule has 0 N–H and O–H groups in total. The number of benzene rings is 8. The Morgan fingerprint density at radius 1 is 0.289 bits per heavy atom. The largest absolute Gasteiger partial charge is 0.456 e. The van der Waals surface area contributed by atoms with Crippen molar-refractivity contribution in [2.75, 3.05) is 0 Å². The van der Waals surface area contributed by atoms with Gasteiger partial charge in [0.15, 0.2) is 0 Å². The minimum Gasteiger partial charge on any atom is -0.456 e. The maximum Gasteiger partial charge on any atom is 0.136 e. The zero-order valence-electron chi connectivity index (χ0n) is 24.6. The molecule has 0 radical (unpaired) electrons. The molecule has 1 heteroatoms. The first-order valence-electron chi connectivity index (χ1n) is 15.4. The fourth-order valence-corrected chi connectivity index (χ4v) is 7.06. The van der Waals surface area contributed by atoms with Gasteiger partial charge in [-0.1, -0.05) is 146 Å². The van der Waals surface area contributed by atoms with Crippen molar-refractivity contribution in [3.63, 3.8) is 0 Å². The van der Waals surface area contributed by atoms with Gasteiger partial charge in [0.2, 0.25) is 0 Å². The summed E-state index contributed by atoms with van der Waals surface area (Å²) in [6.07, 6.45) is 0. The molecule has 1 heterocycles. The third kappa shape index (κ3) is 4.17. The summed E-state index contributed by atoms with van der Waals surface area (Å²) in [5, 5.41) is 7.24. The Balaban J connectivity index is 1.36. The Morgan fingerprint density at radius 3 is 1.44 bits per heavy atom. The lowest BCUT2D eigenvalue weighted by molar-refractivity contribution is 0.669. The molecule has 9 aromatic rings. The summed E-state index contributed by atoms with van der Waals surface area (Å²) in [5.41, 5.74) is 11.5. The zero-order valence-corrected chi connectivity index (χ0v) is 24.6. The summed E-state index contributed by atoms with van der Waals surface area (Å²) in [4.78, 5) is 0. The summed E-state index contributed by atoms with van der Waals surface area (Å²) in [5.74, 6) is 0. The molecule has 0 aliphatic carbocycles. The summed E-state index contributed by atoms with van der Waals surface area (Å²) in [6, 6.07) is 60.9. The van der Waals surface area contributed by atoms with Crippen molar-refractivity contribution in [2.24, 2.45) is 0 Å². The van der Waals surface area contributed by atoms with E-state index in [2.05, 4.69) is 170 Å². The van der Waals surface area contributed by atoms with Crippen LogP contribution in [-0.2, 0) is 0 Å². The van der Waals surface area contributed by atoms with Gasteiger partial charge in [0.05, 0.1) is 0 Å². The fourth-order valence-electron chi connectivity index (χ4n) is 7.06. The molecular formula is C44H28O. The number of hydrogen-bond acceptors (Lipinski definition) is 1. The van der Waals surface area contributed by atoms with Gasteiger partial charge in [-0.2, -0.15) is 0 Å². The first-order valence-corrected chi connectivity index (χ1v) is 15.4. The average molecular weight is 573 g/mol. The SMILES string of the molecule is c1ccc(-c2cccc(-c3c4ccccc4c(-c4cccc5oc6ccc(-c7ccccc7)cc6c45)c4ccccc34)c2)cc1. The zero-order chi connectivity index (χ0) is 29.7. The van der Waals surface area contributed by atoms with Crippen molar-refractivity contribution < 1.29 is 4.42 Å². The predicted octanol–water partition coefficient (Wildman–Crippen LogP) is 12.6. The van der Waals surface area contributed by atoms with Gasteiger partial charge in [-0.05, 0) is 90.3 Å². The monoisotopic (exact) mass is 572 g/mol. The van der Waals surface area contributed by atoms with Crippen LogP contribution in [0.15, 0.2) is 174 Å². The van der Waals surface area contributed by atoms with E-state index < -0.39 is 0 Å². The van der Waals surface area contributed by atoms with E-state index in [9.17, 15) is 0 Å². The van der Waals surface area contributed by atoms with Crippen molar-refractivity contribution in [1.29, 1.82) is 0 Å². The van der Waals surface area contributed by atoms with Crippen molar-refractivity contribution in [1.82, 2.24) is 0 Å². The topological polar surface area (TPSA) is 13.1 Å². The van der Waals surface area contributed by atoms with Crippen LogP contribution in [0.2, 0.25) is 0 Å². The lowest BCUT2D eigenvalue weighted by Crippen LogP contribution is -1.91. The van der Waals surface area contributed by atoms with Gasteiger partial charge in [-0.25, -0.2) is 0 Å². The third-order valence-corrected chi connectivity index (χ3v) is 9.06. The summed E-state index contributed by atoms with van der Waals surface area (Å²) < 4.78 is 6.48. The Kier molecular flexibility index (Phi) is 5.89. The molecule has 0 saturated heterocycles. The highest BCUT2D eigenvalue weighted by Gasteiger charge is 2.20. The Labute approximate surface area is 261 Å². The second-order valence-corrected chi connectivity index (χ2v) is 11.6. The van der Waals surface area contributed by atoms with Crippen LogP contribution in [0.3, 0.4) is 0 Å². The molecule has 0 unspecified atom stereocenters. The molecule has 0 aliphatic heterocycles. The molecule has 8 aromatic carbocycles. The van der Waals surface area contributed by atoms with Crippen molar-refractivity contribution in [3.05, 3.63) is 170 Å². The second kappa shape index (κ2) is 10.4. The molecule has 45 heavy (non-hydrogen) atoms. The Bertz CT molecular complexity index is 2460. The number of hydrogen-bond donors (Lipinski definition) is 0. The van der Waals surface area contributed by atoms with Crippen LogP contribution < -0.4 is 0 Å². The first kappa shape index (κ1) is 25.6. The van der Waals surface area contributed by atoms with E-state index in [1.807, 2.05) is 0 Å². The molecule has 0 aliphatic rings. The van der Waals surface area contributed by atoms with E-state index in [-0.39, 0.29) is 0 Å². The van der Waals surface area contributed by atoms with Crippen LogP contribution in [0.5, 0.6) is 0 Å². The van der Waals surface area contributed by atoms with Crippen molar-refractivity contribution >= 4 is 43.5 Å². The first-order chi connectivity index (χ1) is 22.3. The normalized spacial score (nSPS) is 11.6. The molecule has 210 valence electrons. The maximum absolute atomic E-state index is 6.48. The van der Waals surface area contributed by atoms with Crippen LogP contribution in [-0.4, -0.2) is 0 Å². The maximum atomic E-state index is 6.48. The van der Waals surface area contributed by atoms with Gasteiger partial charge in [0.25, 0.3) is 0 Å². The third-order valence-electron chi connectivity index (χ3n) is 9.06. The molecule has 9 rings (SSSR count). The van der Waals surface area contributed by atoms with Crippen LogP contribution >= 0.6 is 0 Å². The summed E-state index contributed by atoms with van der Waals surface area (Å²) >= 11 is 0. The van der Waals surface area contributed by atoms with Gasteiger partial charge in [0.1, 0.15) is 11.2 Å². The minimum absolute atomic E-state index is 0.903. The van der Waals surface area contributed by atoms with Gasteiger partial charge in [-0.15, -0.1) is 0 Å². The Hall–Kier alpha value is -5.92. The number of furan rings is 1. The average Bonchev–Trinajstić information content (AvgIpc) is 3.50. The molecule has 0 bridgehead atoms. The molecule has 0 saturated carbocycles. The molecule has 1 nitrogen and oxygen atoms in total. The number of fused-ring (bicyclic) bond motifs is 5. The van der Waals surface area contributed by atoms with Crippen LogP contribution in [0.4, 0.5) is 0 Å². The van der Waals surface area contributed by atoms with Crippen molar-refractivity contribution in [3.8, 4) is 44.5 Å². The molecular weight excluding hydrogens is 544 g/mol. The lowest BCUT2D eigenvalue weighted by Gasteiger charge is -2.18. The van der Waals surface area contributed by atoms with Crippen LogP contribution in [0.25, 0.3) is 88.0 Å². The van der Waals surface area contributed by atoms with Gasteiger partial charge < -0.3 is 4.42 Å². The van der Waals surface area contributed by atoms with Gasteiger partial charge >= 0.3 is 0 Å². The lowest BCUT2D eigenvalue weighted by atomic mass is 9.84. The van der Waals surface area contributed by atoms with Gasteiger partial charge in [0, 0.05) is 10.8 Å². The highest BCUT2D eigenvalue weighted by Crippen LogP contribution is 2.47. The van der Waals surface area contributed by atoms with E-state index in [1.165, 1.54) is 66.1 Å². The summed E-state index contributed by atoms with van der Waals surface area (Å²) in [7, 11) is 0. The molecule has 0 atom stereocenters. The van der Waals surface area contributed by atoms with E-state index in [4.69, 9.17) is 4.42 Å². The predicted molar refractivity (Wildman–Crippen MR) is 190 cm³/mol. The van der Waals surface area contributed by atoms with Crippen molar-refractivity contribution in [2.45, 2.75) is 0 Å². The van der Waals surface area contributed by atoms with E-state index in [0.29, 0.717) is 0 Å². The van der Waals surface area contributed by atoms with E-state index >= 15 is 0 Å².